The van der Waals surface area contributed by atoms with Crippen LogP contribution in [0.5, 0.6) is 0 Å². The van der Waals surface area contributed by atoms with Crippen LogP contribution >= 0.6 is 27.7 Å². The van der Waals surface area contributed by atoms with Crippen molar-refractivity contribution in [3.63, 3.8) is 0 Å². The van der Waals surface area contributed by atoms with Crippen LogP contribution in [0.1, 0.15) is 38.5 Å². The van der Waals surface area contributed by atoms with Gasteiger partial charge in [-0.1, -0.05) is 25.7 Å². The molecular weight excluding hydrogens is 296 g/mol. The molecule has 17 heavy (non-hydrogen) atoms. The second kappa shape index (κ2) is 6.76. The fourth-order valence-corrected chi connectivity index (χ4v) is 3.61. The lowest BCUT2D eigenvalue weighted by Gasteiger charge is -2.25. The monoisotopic (exact) mass is 314 g/mol. The number of rotatable bonds is 2. The van der Waals surface area contributed by atoms with E-state index in [-0.39, 0.29) is 0 Å². The number of thioether (sulfide) groups is 1. The molecule has 2 unspecified atom stereocenters. The van der Waals surface area contributed by atoms with Crippen molar-refractivity contribution in [2.24, 2.45) is 5.73 Å². The first-order valence-corrected chi connectivity index (χ1v) is 7.97. The van der Waals surface area contributed by atoms with Crippen molar-refractivity contribution in [1.82, 2.24) is 4.98 Å². The molecule has 0 aliphatic heterocycles. The Bertz CT molecular complexity index is 342. The molecule has 94 valence electrons. The minimum absolute atomic E-state index is 0.325. The molecule has 0 amide bonds. The molecule has 1 aliphatic rings. The highest BCUT2D eigenvalue weighted by molar-refractivity contribution is 9.10. The lowest BCUT2D eigenvalue weighted by molar-refractivity contribution is 0.463. The Morgan fingerprint density at radius 3 is 2.65 bits per heavy atom. The highest BCUT2D eigenvalue weighted by atomic mass is 79.9. The van der Waals surface area contributed by atoms with Gasteiger partial charge in [0, 0.05) is 22.0 Å². The summed E-state index contributed by atoms with van der Waals surface area (Å²) in [6.07, 6.45) is 9.54. The van der Waals surface area contributed by atoms with Crippen LogP contribution in [0.2, 0.25) is 0 Å². The minimum atomic E-state index is 0.325. The lowest BCUT2D eigenvalue weighted by Crippen LogP contribution is -2.33. The number of nitrogens with two attached hydrogens (primary N) is 1. The molecule has 2 rings (SSSR count). The van der Waals surface area contributed by atoms with Crippen molar-refractivity contribution in [3.8, 4) is 0 Å². The van der Waals surface area contributed by atoms with E-state index in [0.29, 0.717) is 11.3 Å². The summed E-state index contributed by atoms with van der Waals surface area (Å²) in [5.41, 5.74) is 6.27. The quantitative estimate of drug-likeness (QED) is 0.897. The number of hydrogen-bond acceptors (Lipinski definition) is 3. The minimum Gasteiger partial charge on any atom is -0.327 e. The van der Waals surface area contributed by atoms with Gasteiger partial charge in [-0.2, -0.15) is 0 Å². The van der Waals surface area contributed by atoms with Crippen molar-refractivity contribution in [2.45, 2.75) is 54.8 Å². The largest absolute Gasteiger partial charge is 0.327 e. The summed E-state index contributed by atoms with van der Waals surface area (Å²) in [5.74, 6) is 0. The summed E-state index contributed by atoms with van der Waals surface area (Å²) < 4.78 is 1.03. The molecular formula is C13H19BrN2S. The zero-order valence-electron chi connectivity index (χ0n) is 9.94. The van der Waals surface area contributed by atoms with Crippen molar-refractivity contribution < 1.29 is 0 Å². The predicted molar refractivity (Wildman–Crippen MR) is 77.3 cm³/mol. The molecule has 1 aromatic heterocycles. The summed E-state index contributed by atoms with van der Waals surface area (Å²) in [5, 5.41) is 1.62. The van der Waals surface area contributed by atoms with Crippen molar-refractivity contribution in [1.29, 1.82) is 0 Å². The van der Waals surface area contributed by atoms with E-state index in [1.54, 1.807) is 0 Å². The van der Waals surface area contributed by atoms with Crippen LogP contribution in [0.15, 0.2) is 27.8 Å². The predicted octanol–water partition coefficient (Wildman–Crippen LogP) is 3.99. The highest BCUT2D eigenvalue weighted by Gasteiger charge is 2.20. The van der Waals surface area contributed by atoms with Gasteiger partial charge in [-0.05, 0) is 40.9 Å². The second-order valence-corrected chi connectivity index (χ2v) is 6.80. The van der Waals surface area contributed by atoms with Crippen molar-refractivity contribution in [2.75, 3.05) is 0 Å². The van der Waals surface area contributed by atoms with Gasteiger partial charge in [-0.25, -0.2) is 4.98 Å². The molecule has 1 heterocycles. The molecule has 4 heteroatoms. The standard InChI is InChI=1S/C13H19BrN2S/c14-10-7-8-13(16-9-10)17-12-6-4-2-1-3-5-11(12)15/h7-9,11-12H,1-6,15H2. The third kappa shape index (κ3) is 4.27. The van der Waals surface area contributed by atoms with Gasteiger partial charge < -0.3 is 5.73 Å². The molecule has 1 aromatic rings. The first-order chi connectivity index (χ1) is 8.25. The number of nitrogens with zero attached hydrogens (tertiary/aromatic N) is 1. The molecule has 0 radical (unpaired) electrons. The maximum atomic E-state index is 6.27. The summed E-state index contributed by atoms with van der Waals surface area (Å²) in [6, 6.07) is 4.44. The van der Waals surface area contributed by atoms with E-state index in [1.165, 1.54) is 32.1 Å². The third-order valence-electron chi connectivity index (χ3n) is 3.23. The molecule has 2 atom stereocenters. The Balaban J connectivity index is 1.97. The first kappa shape index (κ1) is 13.4. The Kier molecular flexibility index (Phi) is 5.32. The van der Waals surface area contributed by atoms with Crippen LogP contribution in [-0.2, 0) is 0 Å². The van der Waals surface area contributed by atoms with Gasteiger partial charge in [-0.15, -0.1) is 11.8 Å². The Labute approximate surface area is 116 Å². The number of halogens is 1. The van der Waals surface area contributed by atoms with Gasteiger partial charge in [0.1, 0.15) is 0 Å². The normalized spacial score (nSPS) is 26.2. The van der Waals surface area contributed by atoms with E-state index in [0.717, 1.165) is 15.9 Å². The van der Waals surface area contributed by atoms with E-state index >= 15 is 0 Å². The van der Waals surface area contributed by atoms with E-state index < -0.39 is 0 Å². The fourth-order valence-electron chi connectivity index (χ4n) is 2.21. The molecule has 0 saturated heterocycles. The molecule has 0 aromatic carbocycles. The highest BCUT2D eigenvalue weighted by Crippen LogP contribution is 2.31. The van der Waals surface area contributed by atoms with Gasteiger partial charge in [0.05, 0.1) is 5.03 Å². The van der Waals surface area contributed by atoms with Crippen molar-refractivity contribution >= 4 is 27.7 Å². The maximum Gasteiger partial charge on any atom is 0.0963 e. The fraction of sp³-hybridized carbons (Fsp3) is 0.615. The van der Waals surface area contributed by atoms with E-state index in [4.69, 9.17) is 5.73 Å². The topological polar surface area (TPSA) is 38.9 Å². The smallest absolute Gasteiger partial charge is 0.0963 e. The lowest BCUT2D eigenvalue weighted by atomic mass is 9.97. The molecule has 1 fully saturated rings. The first-order valence-electron chi connectivity index (χ1n) is 6.29. The van der Waals surface area contributed by atoms with Crippen LogP contribution in [0, 0.1) is 0 Å². The third-order valence-corrected chi connectivity index (χ3v) is 5.07. The zero-order valence-corrected chi connectivity index (χ0v) is 12.3. The molecule has 0 bridgehead atoms. The second-order valence-electron chi connectivity index (χ2n) is 4.63. The maximum absolute atomic E-state index is 6.27. The van der Waals surface area contributed by atoms with Gasteiger partial charge >= 0.3 is 0 Å². The number of pyridine rings is 1. The molecule has 2 N–H and O–H groups in total. The van der Waals surface area contributed by atoms with Crippen LogP contribution in [0.25, 0.3) is 0 Å². The van der Waals surface area contributed by atoms with Crippen LogP contribution in [-0.4, -0.2) is 16.3 Å². The Morgan fingerprint density at radius 2 is 1.94 bits per heavy atom. The summed E-state index contributed by atoms with van der Waals surface area (Å²) >= 11 is 5.26. The summed E-state index contributed by atoms with van der Waals surface area (Å²) in [4.78, 5) is 4.42. The SMILES string of the molecule is NC1CCCCCCC1Sc1ccc(Br)cn1. The van der Waals surface area contributed by atoms with E-state index in [2.05, 4.69) is 27.0 Å². The average molecular weight is 315 g/mol. The van der Waals surface area contributed by atoms with Gasteiger partial charge in [0.2, 0.25) is 0 Å². The van der Waals surface area contributed by atoms with Crippen LogP contribution in [0.3, 0.4) is 0 Å². The van der Waals surface area contributed by atoms with Gasteiger partial charge in [-0.3, -0.25) is 0 Å². The molecule has 0 spiro atoms. The van der Waals surface area contributed by atoms with Crippen LogP contribution in [0.4, 0.5) is 0 Å². The van der Waals surface area contributed by atoms with Gasteiger partial charge in [0.15, 0.2) is 0 Å². The number of aromatic nitrogens is 1. The number of hydrogen-bond donors (Lipinski definition) is 1. The average Bonchev–Trinajstić information content (AvgIpc) is 2.31. The van der Waals surface area contributed by atoms with E-state index in [9.17, 15) is 0 Å². The van der Waals surface area contributed by atoms with Gasteiger partial charge in [0.25, 0.3) is 0 Å². The molecule has 1 aliphatic carbocycles. The van der Waals surface area contributed by atoms with Crippen LogP contribution < -0.4 is 5.73 Å². The molecule has 1 saturated carbocycles. The summed E-state index contributed by atoms with van der Waals surface area (Å²) in [6.45, 7) is 0. The van der Waals surface area contributed by atoms with E-state index in [1.807, 2.05) is 24.0 Å². The summed E-state index contributed by atoms with van der Waals surface area (Å²) in [7, 11) is 0. The Morgan fingerprint density at radius 1 is 1.18 bits per heavy atom. The molecule has 2 nitrogen and oxygen atoms in total. The zero-order chi connectivity index (χ0) is 12.1. The van der Waals surface area contributed by atoms with Crippen molar-refractivity contribution in [3.05, 3.63) is 22.8 Å². The Hall–Kier alpha value is -0.0600.